The maximum atomic E-state index is 11.2. The molecule has 1 aromatic heterocycles. The standard InChI is InChI=1S/C10H11N5O3/c1-2-12-10(16)6-13-9-4-3-8(15(17)18)7(5-11)14-9/h3-4H,2,6H2,1H3,(H,12,16)(H,13,14). The number of nitriles is 1. The van der Waals surface area contributed by atoms with Crippen molar-refractivity contribution in [2.75, 3.05) is 18.4 Å². The molecule has 94 valence electrons. The fourth-order valence-electron chi connectivity index (χ4n) is 1.21. The molecule has 0 spiro atoms. The van der Waals surface area contributed by atoms with Crippen molar-refractivity contribution in [1.29, 1.82) is 5.26 Å². The van der Waals surface area contributed by atoms with Gasteiger partial charge in [0.05, 0.1) is 11.5 Å². The van der Waals surface area contributed by atoms with Gasteiger partial charge in [0.1, 0.15) is 11.9 Å². The van der Waals surface area contributed by atoms with Crippen LogP contribution < -0.4 is 10.6 Å². The smallest absolute Gasteiger partial charge is 0.305 e. The molecule has 0 aliphatic rings. The molecular weight excluding hydrogens is 238 g/mol. The molecular formula is C10H11N5O3. The van der Waals surface area contributed by atoms with Crippen molar-refractivity contribution < 1.29 is 9.72 Å². The zero-order valence-corrected chi connectivity index (χ0v) is 9.64. The molecule has 0 aliphatic heterocycles. The molecule has 8 heteroatoms. The highest BCUT2D eigenvalue weighted by molar-refractivity contribution is 5.80. The Morgan fingerprint density at radius 2 is 2.33 bits per heavy atom. The van der Waals surface area contributed by atoms with E-state index >= 15 is 0 Å². The number of aromatic nitrogens is 1. The average molecular weight is 249 g/mol. The van der Waals surface area contributed by atoms with E-state index in [1.165, 1.54) is 12.1 Å². The molecule has 8 nitrogen and oxygen atoms in total. The van der Waals surface area contributed by atoms with E-state index in [1.54, 1.807) is 13.0 Å². The Bertz CT molecular complexity index is 509. The number of hydrogen-bond donors (Lipinski definition) is 2. The molecule has 0 saturated carbocycles. The minimum Gasteiger partial charge on any atom is -0.361 e. The largest absolute Gasteiger partial charge is 0.361 e. The summed E-state index contributed by atoms with van der Waals surface area (Å²) in [6.07, 6.45) is 0. The van der Waals surface area contributed by atoms with E-state index in [-0.39, 0.29) is 29.7 Å². The van der Waals surface area contributed by atoms with Crippen LogP contribution in [0.25, 0.3) is 0 Å². The maximum Gasteiger partial charge on any atom is 0.305 e. The highest BCUT2D eigenvalue weighted by atomic mass is 16.6. The molecule has 18 heavy (non-hydrogen) atoms. The zero-order chi connectivity index (χ0) is 13.5. The number of likely N-dealkylation sites (N-methyl/N-ethyl adjacent to an activating group) is 1. The predicted molar refractivity (Wildman–Crippen MR) is 62.8 cm³/mol. The lowest BCUT2D eigenvalue weighted by molar-refractivity contribution is -0.385. The van der Waals surface area contributed by atoms with E-state index in [2.05, 4.69) is 15.6 Å². The van der Waals surface area contributed by atoms with Crippen molar-refractivity contribution in [1.82, 2.24) is 10.3 Å². The van der Waals surface area contributed by atoms with Crippen LogP contribution in [0, 0.1) is 21.4 Å². The lowest BCUT2D eigenvalue weighted by Gasteiger charge is -2.05. The van der Waals surface area contributed by atoms with Crippen LogP contribution in [0.3, 0.4) is 0 Å². The molecule has 0 atom stereocenters. The molecule has 0 fully saturated rings. The number of carbonyl (C=O) groups excluding carboxylic acids is 1. The first-order valence-corrected chi connectivity index (χ1v) is 5.14. The summed E-state index contributed by atoms with van der Waals surface area (Å²) in [5.41, 5.74) is -0.651. The van der Waals surface area contributed by atoms with Gasteiger partial charge in [-0.1, -0.05) is 0 Å². The van der Waals surface area contributed by atoms with Crippen molar-refractivity contribution in [3.8, 4) is 6.07 Å². The number of amides is 1. The molecule has 1 rings (SSSR count). The number of anilines is 1. The highest BCUT2D eigenvalue weighted by Gasteiger charge is 2.15. The van der Waals surface area contributed by atoms with Gasteiger partial charge in [0.15, 0.2) is 0 Å². The van der Waals surface area contributed by atoms with Gasteiger partial charge in [-0.15, -0.1) is 0 Å². The minimum absolute atomic E-state index is 0.0104. The van der Waals surface area contributed by atoms with E-state index in [0.717, 1.165) is 0 Å². The van der Waals surface area contributed by atoms with Crippen LogP contribution in [0.15, 0.2) is 12.1 Å². The molecule has 1 heterocycles. The third-order valence-electron chi connectivity index (χ3n) is 1.98. The van der Waals surface area contributed by atoms with E-state index < -0.39 is 4.92 Å². The third kappa shape index (κ3) is 3.41. The van der Waals surface area contributed by atoms with E-state index in [9.17, 15) is 14.9 Å². The Kier molecular flexibility index (Phi) is 4.57. The van der Waals surface area contributed by atoms with Gasteiger partial charge in [-0.3, -0.25) is 14.9 Å². The normalized spacial score (nSPS) is 9.33. The fraction of sp³-hybridized carbons (Fsp3) is 0.300. The average Bonchev–Trinajstić information content (AvgIpc) is 2.36. The van der Waals surface area contributed by atoms with Gasteiger partial charge >= 0.3 is 5.69 Å². The molecule has 0 unspecified atom stereocenters. The molecule has 1 aromatic rings. The van der Waals surface area contributed by atoms with Gasteiger partial charge in [0.2, 0.25) is 11.6 Å². The van der Waals surface area contributed by atoms with Gasteiger partial charge in [0.25, 0.3) is 0 Å². The Morgan fingerprint density at radius 1 is 1.61 bits per heavy atom. The number of nitro groups is 1. The van der Waals surface area contributed by atoms with Crippen molar-refractivity contribution in [3.63, 3.8) is 0 Å². The summed E-state index contributed by atoms with van der Waals surface area (Å²) in [6.45, 7) is 2.29. The second-order valence-electron chi connectivity index (χ2n) is 3.24. The molecule has 2 N–H and O–H groups in total. The van der Waals surface area contributed by atoms with Crippen LogP contribution in [0.1, 0.15) is 12.6 Å². The molecule has 1 amide bonds. The highest BCUT2D eigenvalue weighted by Crippen LogP contribution is 2.17. The van der Waals surface area contributed by atoms with Crippen LogP contribution in [0.2, 0.25) is 0 Å². The lowest BCUT2D eigenvalue weighted by Crippen LogP contribution is -2.29. The summed E-state index contributed by atoms with van der Waals surface area (Å²) in [6, 6.07) is 4.15. The third-order valence-corrected chi connectivity index (χ3v) is 1.98. The SMILES string of the molecule is CCNC(=O)CNc1ccc([N+](=O)[O-])c(C#N)n1. The summed E-state index contributed by atoms with van der Waals surface area (Å²) < 4.78 is 0. The number of nitrogens with zero attached hydrogens (tertiary/aromatic N) is 3. The molecule has 0 aromatic carbocycles. The van der Waals surface area contributed by atoms with E-state index in [0.29, 0.717) is 6.54 Å². The van der Waals surface area contributed by atoms with E-state index in [4.69, 9.17) is 5.26 Å². The zero-order valence-electron chi connectivity index (χ0n) is 9.64. The Morgan fingerprint density at radius 3 is 2.89 bits per heavy atom. The van der Waals surface area contributed by atoms with Crippen LogP contribution in [0.4, 0.5) is 11.5 Å². The second kappa shape index (κ2) is 6.15. The first-order valence-electron chi connectivity index (χ1n) is 5.14. The topological polar surface area (TPSA) is 121 Å². The van der Waals surface area contributed by atoms with Crippen molar-refractivity contribution in [2.24, 2.45) is 0 Å². The van der Waals surface area contributed by atoms with Crippen LogP contribution in [-0.2, 0) is 4.79 Å². The van der Waals surface area contributed by atoms with Crippen molar-refractivity contribution >= 4 is 17.4 Å². The van der Waals surface area contributed by atoms with E-state index in [1.807, 2.05) is 0 Å². The van der Waals surface area contributed by atoms with Gasteiger partial charge in [-0.2, -0.15) is 5.26 Å². The van der Waals surface area contributed by atoms with Gasteiger partial charge < -0.3 is 10.6 Å². The minimum atomic E-state index is -0.681. The summed E-state index contributed by atoms with van der Waals surface area (Å²) in [7, 11) is 0. The maximum absolute atomic E-state index is 11.2. The van der Waals surface area contributed by atoms with Gasteiger partial charge in [0, 0.05) is 12.6 Å². The lowest BCUT2D eigenvalue weighted by atomic mass is 10.3. The molecule has 0 aliphatic carbocycles. The number of rotatable bonds is 5. The second-order valence-corrected chi connectivity index (χ2v) is 3.24. The monoisotopic (exact) mass is 249 g/mol. The number of hydrogen-bond acceptors (Lipinski definition) is 6. The molecule has 0 bridgehead atoms. The summed E-state index contributed by atoms with van der Waals surface area (Å²) >= 11 is 0. The summed E-state index contributed by atoms with van der Waals surface area (Å²) in [5, 5.41) is 24.5. The number of carbonyl (C=O) groups is 1. The van der Waals surface area contributed by atoms with Crippen LogP contribution in [-0.4, -0.2) is 28.9 Å². The molecule has 0 radical (unpaired) electrons. The first-order chi connectivity index (χ1) is 8.58. The number of nitrogens with one attached hydrogen (secondary N) is 2. The summed E-state index contributed by atoms with van der Waals surface area (Å²) in [4.78, 5) is 24.8. The Labute approximate surface area is 103 Å². The first kappa shape index (κ1) is 13.4. The quantitative estimate of drug-likeness (QED) is 0.575. The Hall–Kier alpha value is -2.69. The predicted octanol–water partition coefficient (Wildman–Crippen LogP) is 0.409. The van der Waals surface area contributed by atoms with Gasteiger partial charge in [-0.05, 0) is 13.0 Å². The van der Waals surface area contributed by atoms with Crippen LogP contribution in [0.5, 0.6) is 0 Å². The summed E-state index contributed by atoms with van der Waals surface area (Å²) in [5.74, 6) is 0.0135. The Balaban J connectivity index is 2.78. The van der Waals surface area contributed by atoms with Crippen LogP contribution >= 0.6 is 0 Å². The number of pyridine rings is 1. The fourth-order valence-corrected chi connectivity index (χ4v) is 1.21. The molecule has 0 saturated heterocycles. The van der Waals surface area contributed by atoms with Crippen molar-refractivity contribution in [2.45, 2.75) is 6.92 Å². The van der Waals surface area contributed by atoms with Gasteiger partial charge in [-0.25, -0.2) is 4.98 Å². The van der Waals surface area contributed by atoms with Crippen molar-refractivity contribution in [3.05, 3.63) is 27.9 Å².